The molecule has 0 aliphatic heterocycles. The van der Waals surface area contributed by atoms with E-state index in [1.165, 1.54) is 0 Å². The molecule has 0 radical (unpaired) electrons. The fraction of sp³-hybridized carbons (Fsp3) is 0.231. The molecule has 32 heavy (non-hydrogen) atoms. The number of rotatable bonds is 9. The van der Waals surface area contributed by atoms with Crippen LogP contribution in [0.1, 0.15) is 5.56 Å². The Morgan fingerprint density at radius 1 is 0.875 bits per heavy atom. The highest BCUT2D eigenvalue weighted by molar-refractivity contribution is 5.95. The summed E-state index contributed by atoms with van der Waals surface area (Å²) in [4.78, 5) is 26.5. The van der Waals surface area contributed by atoms with E-state index in [2.05, 4.69) is 22.8 Å². The van der Waals surface area contributed by atoms with E-state index in [1.807, 2.05) is 72.8 Å². The van der Waals surface area contributed by atoms with E-state index >= 15 is 0 Å². The molecule has 6 nitrogen and oxygen atoms in total. The summed E-state index contributed by atoms with van der Waals surface area (Å²) in [6.45, 7) is 0.782. The number of benzene rings is 3. The highest BCUT2D eigenvalue weighted by atomic mass is 16.5. The van der Waals surface area contributed by atoms with E-state index < -0.39 is 5.92 Å². The molecule has 1 unspecified atom stereocenters. The minimum Gasteiger partial charge on any atom is -0.376 e. The molecule has 0 aromatic heterocycles. The van der Waals surface area contributed by atoms with Crippen molar-refractivity contribution in [3.63, 3.8) is 0 Å². The van der Waals surface area contributed by atoms with E-state index in [-0.39, 0.29) is 25.1 Å². The van der Waals surface area contributed by atoms with E-state index in [4.69, 9.17) is 4.74 Å². The quantitative estimate of drug-likeness (QED) is 0.536. The Hall–Kier alpha value is -3.64. The maximum Gasteiger partial charge on any atom is 0.314 e. The molecule has 3 rings (SSSR count). The average molecular weight is 432 g/mol. The lowest BCUT2D eigenvalue weighted by Crippen LogP contribution is -2.44. The van der Waals surface area contributed by atoms with E-state index in [0.29, 0.717) is 6.61 Å². The molecule has 0 heterocycles. The summed E-state index contributed by atoms with van der Waals surface area (Å²) >= 11 is 0. The van der Waals surface area contributed by atoms with Crippen molar-refractivity contribution in [2.24, 2.45) is 5.92 Å². The maximum atomic E-state index is 13.2. The third-order valence-corrected chi connectivity index (χ3v) is 5.21. The van der Waals surface area contributed by atoms with E-state index in [1.54, 1.807) is 19.0 Å². The molecule has 1 atom stereocenters. The van der Waals surface area contributed by atoms with Gasteiger partial charge in [-0.2, -0.15) is 0 Å². The summed E-state index contributed by atoms with van der Waals surface area (Å²) in [6.07, 6.45) is 0. The Bertz CT molecular complexity index is 992. The molecule has 0 fully saturated rings. The van der Waals surface area contributed by atoms with Crippen LogP contribution >= 0.6 is 0 Å². The zero-order valence-electron chi connectivity index (χ0n) is 18.5. The highest BCUT2D eigenvalue weighted by Crippen LogP contribution is 2.23. The van der Waals surface area contributed by atoms with Crippen LogP contribution in [0.3, 0.4) is 0 Å². The van der Waals surface area contributed by atoms with Crippen LogP contribution in [0.25, 0.3) is 11.1 Å². The molecular weight excluding hydrogens is 402 g/mol. The summed E-state index contributed by atoms with van der Waals surface area (Å²) in [7, 11) is 3.28. The lowest BCUT2D eigenvalue weighted by molar-refractivity contribution is -0.124. The number of anilines is 1. The molecule has 0 saturated heterocycles. The van der Waals surface area contributed by atoms with Gasteiger partial charge in [0, 0.05) is 26.3 Å². The second kappa shape index (κ2) is 11.7. The van der Waals surface area contributed by atoms with Gasteiger partial charge in [0.25, 0.3) is 0 Å². The Morgan fingerprint density at radius 2 is 1.47 bits per heavy atom. The summed E-state index contributed by atoms with van der Waals surface area (Å²) in [5.41, 5.74) is 4.01. The Balaban J connectivity index is 1.66. The van der Waals surface area contributed by atoms with Gasteiger partial charge in [0.1, 0.15) is 0 Å². The molecule has 0 aliphatic rings. The Kier molecular flexibility index (Phi) is 8.40. The second-order valence-corrected chi connectivity index (χ2v) is 7.47. The van der Waals surface area contributed by atoms with Gasteiger partial charge >= 0.3 is 6.03 Å². The number of nitrogens with zero attached hydrogens (tertiary/aromatic N) is 1. The van der Waals surface area contributed by atoms with Crippen LogP contribution in [0.5, 0.6) is 0 Å². The normalized spacial score (nSPS) is 11.4. The molecule has 2 N–H and O–H groups in total. The molecule has 0 aliphatic carbocycles. The summed E-state index contributed by atoms with van der Waals surface area (Å²) in [5, 5.41) is 5.23. The van der Waals surface area contributed by atoms with Gasteiger partial charge in [0.2, 0.25) is 5.91 Å². The van der Waals surface area contributed by atoms with Crippen LogP contribution in [0, 0.1) is 5.92 Å². The van der Waals surface area contributed by atoms with Crippen molar-refractivity contribution in [2.45, 2.75) is 6.61 Å². The van der Waals surface area contributed by atoms with Crippen molar-refractivity contribution in [3.05, 3.63) is 90.5 Å². The predicted molar refractivity (Wildman–Crippen MR) is 127 cm³/mol. The standard InChI is InChI=1S/C26H29N3O3/c1-27-26(31)28-17-23(19-32-18-20-9-5-3-6-10-20)25(30)29(2)24-15-13-22(14-16-24)21-11-7-4-8-12-21/h3-16,23H,17-19H2,1-2H3,(H2,27,28,31). The summed E-state index contributed by atoms with van der Waals surface area (Å²) < 4.78 is 5.81. The number of nitrogens with one attached hydrogen (secondary N) is 2. The SMILES string of the molecule is CNC(=O)NCC(COCc1ccccc1)C(=O)N(C)c1ccc(-c2ccccc2)cc1. The number of hydrogen-bond donors (Lipinski definition) is 2. The van der Waals surface area contributed by atoms with Crippen molar-refractivity contribution >= 4 is 17.6 Å². The largest absolute Gasteiger partial charge is 0.376 e. The van der Waals surface area contributed by atoms with Crippen molar-refractivity contribution in [2.75, 3.05) is 32.1 Å². The first-order chi connectivity index (χ1) is 15.6. The Morgan fingerprint density at radius 3 is 2.09 bits per heavy atom. The van der Waals surface area contributed by atoms with Gasteiger partial charge in [-0.3, -0.25) is 4.79 Å². The zero-order chi connectivity index (χ0) is 22.8. The van der Waals surface area contributed by atoms with Crippen LogP contribution in [0.15, 0.2) is 84.9 Å². The topological polar surface area (TPSA) is 70.7 Å². The van der Waals surface area contributed by atoms with Crippen LogP contribution in [0.4, 0.5) is 10.5 Å². The number of amides is 3. The minimum absolute atomic E-state index is 0.123. The molecule has 3 aromatic rings. The van der Waals surface area contributed by atoms with Gasteiger partial charge in [-0.25, -0.2) is 4.79 Å². The lowest BCUT2D eigenvalue weighted by Gasteiger charge is -2.24. The van der Waals surface area contributed by atoms with Crippen molar-refractivity contribution in [1.82, 2.24) is 10.6 Å². The van der Waals surface area contributed by atoms with Gasteiger partial charge in [-0.05, 0) is 28.8 Å². The highest BCUT2D eigenvalue weighted by Gasteiger charge is 2.24. The summed E-state index contributed by atoms with van der Waals surface area (Å²) in [6, 6.07) is 27.4. The van der Waals surface area contributed by atoms with Crippen LogP contribution < -0.4 is 15.5 Å². The number of carbonyl (C=O) groups excluding carboxylic acids is 2. The fourth-order valence-electron chi connectivity index (χ4n) is 3.32. The molecule has 3 amide bonds. The van der Waals surface area contributed by atoms with Crippen LogP contribution in [0.2, 0.25) is 0 Å². The molecule has 0 saturated carbocycles. The van der Waals surface area contributed by atoms with Gasteiger partial charge < -0.3 is 20.3 Å². The van der Waals surface area contributed by atoms with Crippen LogP contribution in [-0.2, 0) is 16.1 Å². The first-order valence-corrected chi connectivity index (χ1v) is 10.6. The molecule has 0 spiro atoms. The van der Waals surface area contributed by atoms with Crippen LogP contribution in [-0.4, -0.2) is 39.2 Å². The predicted octanol–water partition coefficient (Wildman–Crippen LogP) is 4.08. The van der Waals surface area contributed by atoms with Gasteiger partial charge in [0.15, 0.2) is 0 Å². The fourth-order valence-corrected chi connectivity index (χ4v) is 3.32. The monoisotopic (exact) mass is 431 g/mol. The van der Waals surface area contributed by atoms with Gasteiger partial charge in [-0.1, -0.05) is 72.8 Å². The second-order valence-electron chi connectivity index (χ2n) is 7.47. The first kappa shape index (κ1) is 23.0. The van der Waals surface area contributed by atoms with Gasteiger partial charge in [-0.15, -0.1) is 0 Å². The van der Waals surface area contributed by atoms with Gasteiger partial charge in [0.05, 0.1) is 19.1 Å². The third-order valence-electron chi connectivity index (χ3n) is 5.21. The molecule has 0 bridgehead atoms. The van der Waals surface area contributed by atoms with Crippen molar-refractivity contribution < 1.29 is 14.3 Å². The summed E-state index contributed by atoms with van der Waals surface area (Å²) in [5.74, 6) is -0.642. The number of ether oxygens (including phenoxy) is 1. The first-order valence-electron chi connectivity index (χ1n) is 10.6. The van der Waals surface area contributed by atoms with E-state index in [0.717, 1.165) is 22.4 Å². The minimum atomic E-state index is -0.519. The number of carbonyl (C=O) groups is 2. The van der Waals surface area contributed by atoms with Crippen molar-refractivity contribution in [3.8, 4) is 11.1 Å². The lowest BCUT2D eigenvalue weighted by atomic mass is 10.0. The molecular formula is C26H29N3O3. The number of hydrogen-bond acceptors (Lipinski definition) is 3. The smallest absolute Gasteiger partial charge is 0.314 e. The molecule has 166 valence electrons. The van der Waals surface area contributed by atoms with Crippen molar-refractivity contribution in [1.29, 1.82) is 0 Å². The maximum absolute atomic E-state index is 13.2. The Labute approximate surface area is 189 Å². The third kappa shape index (κ3) is 6.43. The molecule has 6 heteroatoms. The zero-order valence-corrected chi connectivity index (χ0v) is 18.5. The average Bonchev–Trinajstić information content (AvgIpc) is 2.86. The van der Waals surface area contributed by atoms with E-state index in [9.17, 15) is 9.59 Å². The number of urea groups is 1. The molecule has 3 aromatic carbocycles.